The summed E-state index contributed by atoms with van der Waals surface area (Å²) in [5.41, 5.74) is -0.278. The Hall–Kier alpha value is -0.530. The van der Waals surface area contributed by atoms with E-state index in [-0.39, 0.29) is 5.41 Å². The minimum Gasteiger partial charge on any atom is -0.481 e. The van der Waals surface area contributed by atoms with Gasteiger partial charge in [0.25, 0.3) is 0 Å². The van der Waals surface area contributed by atoms with Gasteiger partial charge in [0, 0.05) is 0 Å². The van der Waals surface area contributed by atoms with E-state index < -0.39 is 5.97 Å². The van der Waals surface area contributed by atoms with Gasteiger partial charge in [-0.05, 0) is 31.1 Å². The van der Waals surface area contributed by atoms with Gasteiger partial charge in [-0.15, -0.1) is 0 Å². The van der Waals surface area contributed by atoms with Crippen LogP contribution in [0, 0.1) is 17.3 Å². The summed E-state index contributed by atoms with van der Waals surface area (Å²) >= 11 is 0. The van der Waals surface area contributed by atoms with Crippen LogP contribution in [0.15, 0.2) is 0 Å². The van der Waals surface area contributed by atoms with Crippen molar-refractivity contribution in [3.63, 3.8) is 0 Å². The smallest absolute Gasteiger partial charge is 0.309 e. The molecule has 2 saturated carbocycles. The number of hydrogen-bond acceptors (Lipinski definition) is 1. The molecular formula is C9H14O2. The Labute approximate surface area is 66.6 Å². The van der Waals surface area contributed by atoms with Crippen molar-refractivity contribution in [2.75, 3.05) is 0 Å². The van der Waals surface area contributed by atoms with Gasteiger partial charge in [-0.3, -0.25) is 4.79 Å². The number of rotatable bonds is 2. The Balaban J connectivity index is 2.11. The SMILES string of the molecule is CC1CC1C1(C(=O)O)CCC1. The fourth-order valence-electron chi connectivity index (χ4n) is 2.39. The predicted octanol–water partition coefficient (Wildman–Crippen LogP) is 1.90. The molecule has 0 heterocycles. The van der Waals surface area contributed by atoms with Gasteiger partial charge in [-0.2, -0.15) is 0 Å². The van der Waals surface area contributed by atoms with Gasteiger partial charge in [-0.25, -0.2) is 0 Å². The summed E-state index contributed by atoms with van der Waals surface area (Å²) in [6.07, 6.45) is 4.12. The van der Waals surface area contributed by atoms with Crippen LogP contribution >= 0.6 is 0 Å². The number of aliphatic carboxylic acids is 1. The molecule has 0 amide bonds. The van der Waals surface area contributed by atoms with E-state index in [1.807, 2.05) is 0 Å². The van der Waals surface area contributed by atoms with Crippen molar-refractivity contribution in [3.8, 4) is 0 Å². The Morgan fingerprint density at radius 2 is 2.09 bits per heavy atom. The van der Waals surface area contributed by atoms with Gasteiger partial charge in [-0.1, -0.05) is 13.3 Å². The Kier molecular flexibility index (Phi) is 1.29. The minimum atomic E-state index is -0.543. The second kappa shape index (κ2) is 1.99. The maximum Gasteiger partial charge on any atom is 0.309 e. The summed E-state index contributed by atoms with van der Waals surface area (Å²) in [6, 6.07) is 0. The standard InChI is InChI=1S/C9H14O2/c1-6-5-7(6)9(8(10)11)3-2-4-9/h6-7H,2-5H2,1H3,(H,10,11). The Bertz CT molecular complexity index is 194. The van der Waals surface area contributed by atoms with Crippen molar-refractivity contribution in [2.45, 2.75) is 32.6 Å². The van der Waals surface area contributed by atoms with Crippen LogP contribution in [0.3, 0.4) is 0 Å². The van der Waals surface area contributed by atoms with Crippen LogP contribution in [0.25, 0.3) is 0 Å². The van der Waals surface area contributed by atoms with Crippen molar-refractivity contribution >= 4 is 5.97 Å². The average molecular weight is 154 g/mol. The van der Waals surface area contributed by atoms with Crippen molar-refractivity contribution in [2.24, 2.45) is 17.3 Å². The third-order valence-corrected chi connectivity index (χ3v) is 3.49. The molecule has 0 spiro atoms. The number of carboxylic acid groups (broad SMARTS) is 1. The largest absolute Gasteiger partial charge is 0.481 e. The molecule has 2 heteroatoms. The van der Waals surface area contributed by atoms with Gasteiger partial charge in [0.1, 0.15) is 0 Å². The van der Waals surface area contributed by atoms with Gasteiger partial charge < -0.3 is 5.11 Å². The maximum atomic E-state index is 10.9. The first-order valence-electron chi connectivity index (χ1n) is 4.40. The van der Waals surface area contributed by atoms with Gasteiger partial charge in [0.05, 0.1) is 5.41 Å². The molecule has 2 aliphatic carbocycles. The van der Waals surface area contributed by atoms with Crippen LogP contribution in [0.1, 0.15) is 32.6 Å². The lowest BCUT2D eigenvalue weighted by Crippen LogP contribution is -2.40. The monoisotopic (exact) mass is 154 g/mol. The number of hydrogen-bond donors (Lipinski definition) is 1. The normalized spacial score (nSPS) is 39.4. The molecule has 2 fully saturated rings. The highest BCUT2D eigenvalue weighted by Gasteiger charge is 2.58. The third kappa shape index (κ3) is 0.815. The van der Waals surface area contributed by atoms with Gasteiger partial charge in [0.2, 0.25) is 0 Å². The lowest BCUT2D eigenvalue weighted by atomic mass is 9.65. The van der Waals surface area contributed by atoms with Crippen LogP contribution in [0.2, 0.25) is 0 Å². The molecule has 0 aromatic rings. The highest BCUT2D eigenvalue weighted by Crippen LogP contribution is 2.60. The summed E-state index contributed by atoms with van der Waals surface area (Å²) in [4.78, 5) is 10.9. The first kappa shape index (κ1) is 7.14. The molecule has 2 atom stereocenters. The molecule has 11 heavy (non-hydrogen) atoms. The zero-order chi connectivity index (χ0) is 8.06. The van der Waals surface area contributed by atoms with Crippen LogP contribution in [-0.2, 0) is 4.79 Å². The van der Waals surface area contributed by atoms with Gasteiger partial charge >= 0.3 is 5.97 Å². The van der Waals surface area contributed by atoms with E-state index in [9.17, 15) is 4.79 Å². The molecule has 2 nitrogen and oxygen atoms in total. The first-order valence-corrected chi connectivity index (χ1v) is 4.40. The van der Waals surface area contributed by atoms with E-state index in [1.165, 1.54) is 0 Å². The maximum absolute atomic E-state index is 10.9. The first-order chi connectivity index (χ1) is 5.17. The molecule has 0 radical (unpaired) electrons. The molecule has 0 aromatic heterocycles. The molecule has 0 aromatic carbocycles. The molecule has 0 bridgehead atoms. The van der Waals surface area contributed by atoms with Crippen molar-refractivity contribution in [3.05, 3.63) is 0 Å². The van der Waals surface area contributed by atoms with E-state index in [0.717, 1.165) is 25.7 Å². The summed E-state index contributed by atoms with van der Waals surface area (Å²) in [6.45, 7) is 2.16. The Morgan fingerprint density at radius 3 is 2.18 bits per heavy atom. The fraction of sp³-hybridized carbons (Fsp3) is 0.889. The van der Waals surface area contributed by atoms with E-state index in [0.29, 0.717) is 11.8 Å². The van der Waals surface area contributed by atoms with Crippen molar-refractivity contribution < 1.29 is 9.90 Å². The van der Waals surface area contributed by atoms with Crippen LogP contribution in [0.5, 0.6) is 0 Å². The fourth-order valence-corrected chi connectivity index (χ4v) is 2.39. The lowest BCUT2D eigenvalue weighted by Gasteiger charge is -2.38. The van der Waals surface area contributed by atoms with E-state index in [4.69, 9.17) is 5.11 Å². The minimum absolute atomic E-state index is 0.278. The van der Waals surface area contributed by atoms with Crippen molar-refractivity contribution in [1.82, 2.24) is 0 Å². The summed E-state index contributed by atoms with van der Waals surface area (Å²) in [7, 11) is 0. The molecular weight excluding hydrogens is 140 g/mol. The highest BCUT2D eigenvalue weighted by molar-refractivity contribution is 5.76. The molecule has 0 aliphatic heterocycles. The molecule has 2 unspecified atom stereocenters. The Morgan fingerprint density at radius 1 is 1.55 bits per heavy atom. The zero-order valence-electron chi connectivity index (χ0n) is 6.84. The molecule has 0 saturated heterocycles. The van der Waals surface area contributed by atoms with Crippen LogP contribution < -0.4 is 0 Å². The zero-order valence-corrected chi connectivity index (χ0v) is 6.84. The lowest BCUT2D eigenvalue weighted by molar-refractivity contribution is -0.156. The summed E-state index contributed by atoms with van der Waals surface area (Å²) < 4.78 is 0. The van der Waals surface area contributed by atoms with Crippen LogP contribution in [-0.4, -0.2) is 11.1 Å². The molecule has 2 aliphatic rings. The molecule has 62 valence electrons. The molecule has 2 rings (SSSR count). The summed E-state index contributed by atoms with van der Waals surface area (Å²) in [5.74, 6) is 0.637. The van der Waals surface area contributed by atoms with E-state index in [1.54, 1.807) is 0 Å². The van der Waals surface area contributed by atoms with Crippen molar-refractivity contribution in [1.29, 1.82) is 0 Å². The van der Waals surface area contributed by atoms with E-state index in [2.05, 4.69) is 6.92 Å². The highest BCUT2D eigenvalue weighted by atomic mass is 16.4. The number of carbonyl (C=O) groups is 1. The van der Waals surface area contributed by atoms with Crippen LogP contribution in [0.4, 0.5) is 0 Å². The second-order valence-corrected chi connectivity index (χ2v) is 4.13. The number of carboxylic acids is 1. The van der Waals surface area contributed by atoms with E-state index >= 15 is 0 Å². The quantitative estimate of drug-likeness (QED) is 0.659. The third-order valence-electron chi connectivity index (χ3n) is 3.49. The topological polar surface area (TPSA) is 37.3 Å². The average Bonchev–Trinajstić information content (AvgIpc) is 2.42. The summed E-state index contributed by atoms with van der Waals surface area (Å²) in [5, 5.41) is 9.01. The predicted molar refractivity (Wildman–Crippen MR) is 41.2 cm³/mol. The van der Waals surface area contributed by atoms with Gasteiger partial charge in [0.15, 0.2) is 0 Å². The molecule has 1 N–H and O–H groups in total. The second-order valence-electron chi connectivity index (χ2n) is 4.13.